The fourth-order valence-corrected chi connectivity index (χ4v) is 1.49. The van der Waals surface area contributed by atoms with Crippen molar-refractivity contribution in [3.63, 3.8) is 0 Å². The Balaban J connectivity index is 2.37. The maximum Gasteiger partial charge on any atom is 0.0683 e. The summed E-state index contributed by atoms with van der Waals surface area (Å²) in [5, 5.41) is 4.28. The number of aromatic nitrogens is 3. The minimum atomic E-state index is 0.963. The minimum Gasteiger partial charge on any atom is -0.265 e. The Morgan fingerprint density at radius 2 is 1.93 bits per heavy atom. The summed E-state index contributed by atoms with van der Waals surface area (Å²) in [6.07, 6.45) is 6.54. The summed E-state index contributed by atoms with van der Waals surface area (Å²) < 4.78 is 2.02. The van der Waals surface area contributed by atoms with Crippen LogP contribution in [-0.4, -0.2) is 14.8 Å². The highest BCUT2D eigenvalue weighted by atomic mass is 15.3. The molecule has 0 N–H and O–H groups in total. The van der Waals surface area contributed by atoms with Gasteiger partial charge in [0.15, 0.2) is 0 Å². The molecule has 0 aliphatic carbocycles. The standard InChI is InChI=1S/C11H13N3/c1-2-9-14-11(5-8-13-14)10-3-6-12-7-4-10/h3-8H,2,9H2,1H3. The van der Waals surface area contributed by atoms with Crippen molar-refractivity contribution in [2.24, 2.45) is 0 Å². The number of hydrogen-bond acceptors (Lipinski definition) is 2. The summed E-state index contributed by atoms with van der Waals surface area (Å²) in [7, 11) is 0. The van der Waals surface area contributed by atoms with Gasteiger partial charge in [-0.25, -0.2) is 0 Å². The van der Waals surface area contributed by atoms with Gasteiger partial charge in [0.1, 0.15) is 0 Å². The van der Waals surface area contributed by atoms with Crippen LogP contribution in [0.3, 0.4) is 0 Å². The lowest BCUT2D eigenvalue weighted by Gasteiger charge is -2.05. The molecule has 0 atom stereocenters. The van der Waals surface area contributed by atoms with Crippen molar-refractivity contribution < 1.29 is 0 Å². The molecular weight excluding hydrogens is 174 g/mol. The fourth-order valence-electron chi connectivity index (χ4n) is 1.49. The first-order valence-electron chi connectivity index (χ1n) is 4.84. The molecule has 2 aromatic heterocycles. The van der Waals surface area contributed by atoms with Gasteiger partial charge < -0.3 is 0 Å². The van der Waals surface area contributed by atoms with Gasteiger partial charge in [-0.1, -0.05) is 6.92 Å². The molecule has 0 fully saturated rings. The number of aryl methyl sites for hydroxylation is 1. The average molecular weight is 187 g/mol. The van der Waals surface area contributed by atoms with Gasteiger partial charge in [-0.3, -0.25) is 9.67 Å². The second kappa shape index (κ2) is 4.05. The highest BCUT2D eigenvalue weighted by Gasteiger charge is 2.02. The van der Waals surface area contributed by atoms with Gasteiger partial charge in [0, 0.05) is 30.7 Å². The Bertz CT molecular complexity index is 392. The van der Waals surface area contributed by atoms with Crippen molar-refractivity contribution in [3.05, 3.63) is 36.8 Å². The number of hydrogen-bond donors (Lipinski definition) is 0. The van der Waals surface area contributed by atoms with Crippen LogP contribution in [0.5, 0.6) is 0 Å². The van der Waals surface area contributed by atoms with E-state index in [1.807, 2.05) is 29.1 Å². The summed E-state index contributed by atoms with van der Waals surface area (Å²) >= 11 is 0. The molecule has 14 heavy (non-hydrogen) atoms. The SMILES string of the molecule is CCCn1nccc1-c1ccncc1. The summed E-state index contributed by atoms with van der Waals surface area (Å²) in [6.45, 7) is 3.11. The Morgan fingerprint density at radius 3 is 2.64 bits per heavy atom. The fraction of sp³-hybridized carbons (Fsp3) is 0.273. The lowest BCUT2D eigenvalue weighted by molar-refractivity contribution is 0.609. The van der Waals surface area contributed by atoms with Crippen LogP contribution in [0.2, 0.25) is 0 Å². The van der Waals surface area contributed by atoms with E-state index in [4.69, 9.17) is 0 Å². The van der Waals surface area contributed by atoms with Crippen molar-refractivity contribution >= 4 is 0 Å². The highest BCUT2D eigenvalue weighted by molar-refractivity contribution is 5.58. The van der Waals surface area contributed by atoms with Crippen LogP contribution < -0.4 is 0 Å². The zero-order chi connectivity index (χ0) is 9.80. The number of nitrogens with zero attached hydrogens (tertiary/aromatic N) is 3. The van der Waals surface area contributed by atoms with E-state index in [1.54, 1.807) is 12.4 Å². The molecule has 3 nitrogen and oxygen atoms in total. The Labute approximate surface area is 83.4 Å². The van der Waals surface area contributed by atoms with E-state index in [0.29, 0.717) is 0 Å². The molecule has 0 amide bonds. The second-order valence-corrected chi connectivity index (χ2v) is 3.18. The van der Waals surface area contributed by atoms with Gasteiger partial charge in [-0.2, -0.15) is 5.10 Å². The van der Waals surface area contributed by atoms with Crippen molar-refractivity contribution in [2.45, 2.75) is 19.9 Å². The van der Waals surface area contributed by atoms with E-state index < -0.39 is 0 Å². The van der Waals surface area contributed by atoms with E-state index in [-0.39, 0.29) is 0 Å². The van der Waals surface area contributed by atoms with Crippen LogP contribution in [0.1, 0.15) is 13.3 Å². The Morgan fingerprint density at radius 1 is 1.14 bits per heavy atom. The molecule has 2 rings (SSSR count). The van der Waals surface area contributed by atoms with Crippen LogP contribution in [0, 0.1) is 0 Å². The summed E-state index contributed by atoms with van der Waals surface area (Å²) in [5.74, 6) is 0. The van der Waals surface area contributed by atoms with E-state index in [2.05, 4.69) is 17.0 Å². The van der Waals surface area contributed by atoms with Crippen molar-refractivity contribution in [1.82, 2.24) is 14.8 Å². The quantitative estimate of drug-likeness (QED) is 0.738. The second-order valence-electron chi connectivity index (χ2n) is 3.18. The van der Waals surface area contributed by atoms with Gasteiger partial charge in [0.25, 0.3) is 0 Å². The van der Waals surface area contributed by atoms with E-state index in [9.17, 15) is 0 Å². The molecule has 0 saturated heterocycles. The van der Waals surface area contributed by atoms with Crippen molar-refractivity contribution in [3.8, 4) is 11.3 Å². The molecule has 3 heteroatoms. The maximum atomic E-state index is 4.28. The molecule has 0 aliphatic heterocycles. The molecular formula is C11H13N3. The third-order valence-corrected chi connectivity index (χ3v) is 2.13. The molecule has 0 radical (unpaired) electrons. The molecule has 2 aromatic rings. The zero-order valence-corrected chi connectivity index (χ0v) is 8.22. The maximum absolute atomic E-state index is 4.28. The third kappa shape index (κ3) is 1.66. The monoisotopic (exact) mass is 187 g/mol. The largest absolute Gasteiger partial charge is 0.265 e. The smallest absolute Gasteiger partial charge is 0.0683 e. The van der Waals surface area contributed by atoms with Gasteiger partial charge in [-0.15, -0.1) is 0 Å². The van der Waals surface area contributed by atoms with Gasteiger partial charge >= 0.3 is 0 Å². The van der Waals surface area contributed by atoms with Gasteiger partial charge in [-0.05, 0) is 24.6 Å². The van der Waals surface area contributed by atoms with Gasteiger partial charge in [0.2, 0.25) is 0 Å². The van der Waals surface area contributed by atoms with E-state index >= 15 is 0 Å². The molecule has 2 heterocycles. The molecule has 72 valence electrons. The zero-order valence-electron chi connectivity index (χ0n) is 8.22. The predicted molar refractivity (Wildman–Crippen MR) is 55.7 cm³/mol. The van der Waals surface area contributed by atoms with Crippen LogP contribution in [0.25, 0.3) is 11.3 Å². The van der Waals surface area contributed by atoms with Crippen LogP contribution >= 0.6 is 0 Å². The lowest BCUT2D eigenvalue weighted by Crippen LogP contribution is -2.00. The van der Waals surface area contributed by atoms with Crippen LogP contribution in [0.15, 0.2) is 36.8 Å². The first-order valence-corrected chi connectivity index (χ1v) is 4.84. The lowest BCUT2D eigenvalue weighted by atomic mass is 10.2. The molecule has 0 bridgehead atoms. The summed E-state index contributed by atoms with van der Waals surface area (Å²) in [4.78, 5) is 4.00. The van der Waals surface area contributed by atoms with Crippen molar-refractivity contribution in [2.75, 3.05) is 0 Å². The normalized spacial score (nSPS) is 10.4. The minimum absolute atomic E-state index is 0.963. The van der Waals surface area contributed by atoms with Crippen LogP contribution in [0.4, 0.5) is 0 Å². The Kier molecular flexibility index (Phi) is 2.58. The van der Waals surface area contributed by atoms with E-state index in [1.165, 1.54) is 5.56 Å². The molecule has 0 unspecified atom stereocenters. The van der Waals surface area contributed by atoms with Gasteiger partial charge in [0.05, 0.1) is 5.69 Å². The van der Waals surface area contributed by atoms with Crippen molar-refractivity contribution in [1.29, 1.82) is 0 Å². The number of rotatable bonds is 3. The molecule has 0 saturated carbocycles. The molecule has 0 aliphatic rings. The van der Waals surface area contributed by atoms with E-state index in [0.717, 1.165) is 18.7 Å². The first kappa shape index (κ1) is 8.94. The molecule has 0 spiro atoms. The van der Waals surface area contributed by atoms with Crippen LogP contribution in [-0.2, 0) is 6.54 Å². The topological polar surface area (TPSA) is 30.7 Å². The first-order chi connectivity index (χ1) is 6.92. The predicted octanol–water partition coefficient (Wildman–Crippen LogP) is 2.36. The summed E-state index contributed by atoms with van der Waals surface area (Å²) in [5.41, 5.74) is 2.33. The Hall–Kier alpha value is -1.64. The molecule has 0 aromatic carbocycles. The third-order valence-electron chi connectivity index (χ3n) is 2.13. The highest BCUT2D eigenvalue weighted by Crippen LogP contribution is 2.17. The summed E-state index contributed by atoms with van der Waals surface area (Å²) in [6, 6.07) is 6.04. The number of pyridine rings is 1. The average Bonchev–Trinajstić information content (AvgIpc) is 2.68.